The van der Waals surface area contributed by atoms with Crippen molar-refractivity contribution >= 4 is 34.0 Å². The quantitative estimate of drug-likeness (QED) is 0.377. The minimum Gasteiger partial charge on any atom is -0.344 e. The Balaban J connectivity index is 1.36. The predicted molar refractivity (Wildman–Crippen MR) is 114 cm³/mol. The first kappa shape index (κ1) is 18.9. The van der Waals surface area contributed by atoms with Crippen LogP contribution in [0.1, 0.15) is 43.6 Å². The van der Waals surface area contributed by atoms with Gasteiger partial charge in [-0.15, -0.1) is 0 Å². The number of nitrogens with one attached hydrogen (secondary N) is 2. The second kappa shape index (κ2) is 8.27. The van der Waals surface area contributed by atoms with Gasteiger partial charge in [-0.1, -0.05) is 11.6 Å². The van der Waals surface area contributed by atoms with Crippen LogP contribution in [0.2, 0.25) is 5.02 Å². The van der Waals surface area contributed by atoms with Gasteiger partial charge in [0.05, 0.1) is 11.4 Å². The highest BCUT2D eigenvalue weighted by Gasteiger charge is 2.24. The standard InChI is InChI=1S/C23H23ClFN3/c24-17-5-8-19(9-6-17)28-23(26)13-15-1-3-16(4-2-15)20-11-12-27-22-10-7-18(25)14-21(20)22/h5-12,14-16H,1-4,13H2,(H2,26,28)/t15-,16-. The van der Waals surface area contributed by atoms with Crippen LogP contribution in [0.4, 0.5) is 10.1 Å². The molecule has 0 spiro atoms. The van der Waals surface area contributed by atoms with Crippen molar-refractivity contribution in [3.8, 4) is 0 Å². The van der Waals surface area contributed by atoms with Gasteiger partial charge in [-0.2, -0.15) is 0 Å². The maximum absolute atomic E-state index is 13.7. The van der Waals surface area contributed by atoms with Gasteiger partial charge in [-0.25, -0.2) is 4.39 Å². The highest BCUT2D eigenvalue weighted by atomic mass is 35.5. The Morgan fingerprint density at radius 1 is 1.07 bits per heavy atom. The number of aromatic nitrogens is 1. The predicted octanol–water partition coefficient (Wildman–Crippen LogP) is 6.78. The fourth-order valence-electron chi connectivity index (χ4n) is 4.22. The van der Waals surface area contributed by atoms with Crippen molar-refractivity contribution in [1.82, 2.24) is 4.98 Å². The van der Waals surface area contributed by atoms with Crippen LogP contribution < -0.4 is 5.32 Å². The summed E-state index contributed by atoms with van der Waals surface area (Å²) in [7, 11) is 0. The zero-order valence-electron chi connectivity index (χ0n) is 15.6. The van der Waals surface area contributed by atoms with Crippen LogP contribution in [0.3, 0.4) is 0 Å². The Hall–Kier alpha value is -2.46. The lowest BCUT2D eigenvalue weighted by Crippen LogP contribution is -2.20. The minimum absolute atomic E-state index is 0.211. The number of nitrogens with zero attached hydrogens (tertiary/aromatic N) is 1. The molecule has 28 heavy (non-hydrogen) atoms. The average Bonchev–Trinajstić information content (AvgIpc) is 2.70. The smallest absolute Gasteiger partial charge is 0.123 e. The van der Waals surface area contributed by atoms with E-state index in [0.29, 0.717) is 22.7 Å². The van der Waals surface area contributed by atoms with Gasteiger partial charge in [0.25, 0.3) is 0 Å². The second-order valence-corrected chi connectivity index (χ2v) is 8.03. The summed E-state index contributed by atoms with van der Waals surface area (Å²) in [4.78, 5) is 4.37. The molecule has 0 saturated heterocycles. The fraction of sp³-hybridized carbons (Fsp3) is 0.304. The molecule has 4 rings (SSSR count). The third kappa shape index (κ3) is 4.33. The normalized spacial score (nSPS) is 19.5. The number of rotatable bonds is 4. The Kier molecular flexibility index (Phi) is 5.58. The third-order valence-electron chi connectivity index (χ3n) is 5.66. The van der Waals surface area contributed by atoms with E-state index in [2.05, 4.69) is 10.3 Å². The molecule has 5 heteroatoms. The number of benzene rings is 2. The van der Waals surface area contributed by atoms with Crippen molar-refractivity contribution in [1.29, 1.82) is 5.41 Å². The summed E-state index contributed by atoms with van der Waals surface area (Å²) in [5.74, 6) is 1.27. The highest BCUT2D eigenvalue weighted by Crippen LogP contribution is 2.39. The summed E-state index contributed by atoms with van der Waals surface area (Å²) in [5.41, 5.74) is 2.96. The molecule has 0 aliphatic heterocycles. The number of amidine groups is 1. The summed E-state index contributed by atoms with van der Waals surface area (Å²) in [5, 5.41) is 13.1. The van der Waals surface area contributed by atoms with E-state index in [1.54, 1.807) is 12.1 Å². The summed E-state index contributed by atoms with van der Waals surface area (Å²) in [6.45, 7) is 0. The summed E-state index contributed by atoms with van der Waals surface area (Å²) in [6, 6.07) is 14.3. The second-order valence-electron chi connectivity index (χ2n) is 7.59. The van der Waals surface area contributed by atoms with Crippen LogP contribution in [0.5, 0.6) is 0 Å². The van der Waals surface area contributed by atoms with Gasteiger partial charge in [0.1, 0.15) is 5.82 Å². The van der Waals surface area contributed by atoms with Crippen LogP contribution in [-0.2, 0) is 0 Å². The first-order valence-electron chi connectivity index (χ1n) is 9.72. The number of hydrogen-bond acceptors (Lipinski definition) is 2. The molecule has 1 aliphatic rings. The third-order valence-corrected chi connectivity index (χ3v) is 5.91. The van der Waals surface area contributed by atoms with Crippen LogP contribution in [-0.4, -0.2) is 10.8 Å². The highest BCUT2D eigenvalue weighted by molar-refractivity contribution is 6.30. The topological polar surface area (TPSA) is 48.8 Å². The van der Waals surface area contributed by atoms with Crippen molar-refractivity contribution in [2.75, 3.05) is 5.32 Å². The van der Waals surface area contributed by atoms with E-state index in [9.17, 15) is 4.39 Å². The van der Waals surface area contributed by atoms with E-state index in [4.69, 9.17) is 17.0 Å². The molecule has 0 unspecified atom stereocenters. The van der Waals surface area contributed by atoms with Crippen molar-refractivity contribution in [2.24, 2.45) is 5.92 Å². The van der Waals surface area contributed by atoms with Crippen LogP contribution in [0.15, 0.2) is 54.7 Å². The van der Waals surface area contributed by atoms with E-state index in [0.717, 1.165) is 48.7 Å². The number of hydrogen-bond donors (Lipinski definition) is 2. The molecule has 144 valence electrons. The molecule has 1 heterocycles. The molecule has 0 radical (unpaired) electrons. The van der Waals surface area contributed by atoms with Crippen LogP contribution in [0, 0.1) is 17.1 Å². The first-order chi connectivity index (χ1) is 13.6. The molecular weight excluding hydrogens is 373 g/mol. The summed E-state index contributed by atoms with van der Waals surface area (Å²) < 4.78 is 13.7. The number of fused-ring (bicyclic) bond motifs is 1. The van der Waals surface area contributed by atoms with Gasteiger partial charge in [0.2, 0.25) is 0 Å². The number of anilines is 1. The van der Waals surface area contributed by atoms with E-state index in [1.165, 1.54) is 11.6 Å². The van der Waals surface area contributed by atoms with Crippen molar-refractivity contribution < 1.29 is 4.39 Å². The fourth-order valence-corrected chi connectivity index (χ4v) is 4.35. The van der Waals surface area contributed by atoms with Crippen molar-refractivity contribution in [2.45, 2.75) is 38.0 Å². The minimum atomic E-state index is -0.211. The lowest BCUT2D eigenvalue weighted by atomic mass is 9.76. The monoisotopic (exact) mass is 395 g/mol. The number of pyridine rings is 1. The average molecular weight is 396 g/mol. The zero-order valence-corrected chi connectivity index (χ0v) is 16.3. The van der Waals surface area contributed by atoms with Crippen LogP contribution >= 0.6 is 11.6 Å². The maximum atomic E-state index is 13.7. The van der Waals surface area contributed by atoms with Gasteiger partial charge in [0.15, 0.2) is 0 Å². The van der Waals surface area contributed by atoms with Crippen molar-refractivity contribution in [3.63, 3.8) is 0 Å². The first-order valence-corrected chi connectivity index (χ1v) is 10.1. The van der Waals surface area contributed by atoms with Gasteiger partial charge in [0, 0.05) is 28.7 Å². The van der Waals surface area contributed by atoms with E-state index < -0.39 is 0 Å². The maximum Gasteiger partial charge on any atom is 0.123 e. The molecule has 2 aromatic carbocycles. The number of halogens is 2. The van der Waals surface area contributed by atoms with Gasteiger partial charge < -0.3 is 5.32 Å². The molecule has 0 atom stereocenters. The molecular formula is C23H23ClFN3. The van der Waals surface area contributed by atoms with Gasteiger partial charge >= 0.3 is 0 Å². The summed E-state index contributed by atoms with van der Waals surface area (Å²) in [6.07, 6.45) is 6.86. The van der Waals surface area contributed by atoms with Crippen LogP contribution in [0.25, 0.3) is 10.9 Å². The zero-order chi connectivity index (χ0) is 19.5. The lowest BCUT2D eigenvalue weighted by molar-refractivity contribution is 0.334. The van der Waals surface area contributed by atoms with Gasteiger partial charge in [-0.05, 0) is 91.6 Å². The van der Waals surface area contributed by atoms with E-state index in [1.807, 2.05) is 36.5 Å². The van der Waals surface area contributed by atoms with E-state index in [-0.39, 0.29) is 5.82 Å². The molecule has 1 saturated carbocycles. The molecule has 0 bridgehead atoms. The molecule has 1 fully saturated rings. The van der Waals surface area contributed by atoms with Gasteiger partial charge in [-0.3, -0.25) is 10.4 Å². The molecule has 3 nitrogen and oxygen atoms in total. The Bertz CT molecular complexity index is 979. The molecule has 2 N–H and O–H groups in total. The Labute approximate surface area is 169 Å². The summed E-state index contributed by atoms with van der Waals surface area (Å²) >= 11 is 5.91. The molecule has 0 amide bonds. The SMILES string of the molecule is N=C(C[C@H]1CC[C@H](c2ccnc3ccc(F)cc32)CC1)Nc1ccc(Cl)cc1. The largest absolute Gasteiger partial charge is 0.344 e. The Morgan fingerprint density at radius 2 is 1.82 bits per heavy atom. The Morgan fingerprint density at radius 3 is 2.57 bits per heavy atom. The molecule has 1 aromatic heterocycles. The molecule has 1 aliphatic carbocycles. The molecule has 3 aromatic rings. The van der Waals surface area contributed by atoms with E-state index >= 15 is 0 Å². The lowest BCUT2D eigenvalue weighted by Gasteiger charge is -2.29. The van der Waals surface area contributed by atoms with Crippen molar-refractivity contribution in [3.05, 3.63) is 71.1 Å².